The molecule has 0 aliphatic carbocycles. The molecule has 1 amide bonds. The van der Waals surface area contributed by atoms with Crippen molar-refractivity contribution in [1.29, 1.82) is 0 Å². The zero-order valence-electron chi connectivity index (χ0n) is 12.2. The zero-order chi connectivity index (χ0) is 14.9. The summed E-state index contributed by atoms with van der Waals surface area (Å²) in [6.07, 6.45) is 0. The Morgan fingerprint density at radius 1 is 1.20 bits per heavy atom. The van der Waals surface area contributed by atoms with Crippen molar-refractivity contribution in [1.82, 2.24) is 9.80 Å². The Morgan fingerprint density at radius 2 is 1.80 bits per heavy atom. The molecule has 0 atom stereocenters. The maximum Gasteiger partial charge on any atom is 0.255 e. The second-order valence-electron chi connectivity index (χ2n) is 6.11. The number of hydrogen-bond donors (Lipinski definition) is 1. The first-order valence-corrected chi connectivity index (χ1v) is 8.06. The van der Waals surface area contributed by atoms with E-state index in [4.69, 9.17) is 0 Å². The van der Waals surface area contributed by atoms with E-state index in [0.29, 0.717) is 5.56 Å². The van der Waals surface area contributed by atoms with Crippen molar-refractivity contribution in [2.45, 2.75) is 31.2 Å². The van der Waals surface area contributed by atoms with Crippen LogP contribution in [0, 0.1) is 0 Å². The SMILES string of the molecule is CC(C)(C)N1CCN(C(=O)c2cc(S)ccc2Br)CC1. The van der Waals surface area contributed by atoms with Crippen LogP contribution in [0.1, 0.15) is 31.1 Å². The zero-order valence-corrected chi connectivity index (χ0v) is 14.7. The largest absolute Gasteiger partial charge is 0.336 e. The first kappa shape index (κ1) is 15.9. The number of nitrogens with zero attached hydrogens (tertiary/aromatic N) is 2. The first-order chi connectivity index (χ1) is 9.29. The van der Waals surface area contributed by atoms with Crippen LogP contribution in [0.3, 0.4) is 0 Å². The van der Waals surface area contributed by atoms with Gasteiger partial charge in [0.1, 0.15) is 0 Å². The summed E-state index contributed by atoms with van der Waals surface area (Å²) in [5.74, 6) is 0.0846. The highest BCUT2D eigenvalue weighted by atomic mass is 79.9. The van der Waals surface area contributed by atoms with E-state index in [-0.39, 0.29) is 11.4 Å². The molecule has 3 nitrogen and oxygen atoms in total. The molecule has 20 heavy (non-hydrogen) atoms. The lowest BCUT2D eigenvalue weighted by molar-refractivity contribution is 0.0450. The van der Waals surface area contributed by atoms with Gasteiger partial charge < -0.3 is 4.90 Å². The smallest absolute Gasteiger partial charge is 0.255 e. The van der Waals surface area contributed by atoms with E-state index < -0.39 is 0 Å². The molecule has 0 unspecified atom stereocenters. The van der Waals surface area contributed by atoms with Crippen molar-refractivity contribution >= 4 is 34.5 Å². The van der Waals surface area contributed by atoms with E-state index in [1.54, 1.807) is 0 Å². The van der Waals surface area contributed by atoms with Gasteiger partial charge in [-0.25, -0.2) is 0 Å². The number of thiol groups is 1. The maximum absolute atomic E-state index is 12.6. The molecule has 1 aliphatic heterocycles. The third-order valence-corrected chi connectivity index (χ3v) is 4.67. The standard InChI is InChI=1S/C15H21BrN2OS/c1-15(2,3)18-8-6-17(7-9-18)14(19)12-10-11(20)4-5-13(12)16/h4-5,10,20H,6-9H2,1-3H3. The Kier molecular flexibility index (Phi) is 4.82. The minimum atomic E-state index is 0.0846. The van der Waals surface area contributed by atoms with Gasteiger partial charge >= 0.3 is 0 Å². The molecule has 1 aliphatic rings. The lowest BCUT2D eigenvalue weighted by Gasteiger charge is -2.42. The molecule has 1 aromatic carbocycles. The summed E-state index contributed by atoms with van der Waals surface area (Å²) in [7, 11) is 0. The molecule has 5 heteroatoms. The molecule has 0 spiro atoms. The molecule has 0 bridgehead atoms. The van der Waals surface area contributed by atoms with Gasteiger partial charge in [0.2, 0.25) is 0 Å². The highest BCUT2D eigenvalue weighted by Crippen LogP contribution is 2.23. The summed E-state index contributed by atoms with van der Waals surface area (Å²) in [6, 6.07) is 5.58. The van der Waals surface area contributed by atoms with Gasteiger partial charge in [0, 0.05) is 41.1 Å². The third-order valence-electron chi connectivity index (χ3n) is 3.70. The first-order valence-electron chi connectivity index (χ1n) is 6.82. The lowest BCUT2D eigenvalue weighted by Crippen LogP contribution is -2.54. The fraction of sp³-hybridized carbons (Fsp3) is 0.533. The topological polar surface area (TPSA) is 23.6 Å². The van der Waals surface area contributed by atoms with E-state index in [1.807, 2.05) is 23.1 Å². The maximum atomic E-state index is 12.6. The van der Waals surface area contributed by atoms with E-state index in [0.717, 1.165) is 35.5 Å². The van der Waals surface area contributed by atoms with Crippen molar-refractivity contribution in [2.24, 2.45) is 0 Å². The predicted octanol–water partition coefficient (Wildman–Crippen LogP) is 3.29. The van der Waals surface area contributed by atoms with Crippen LogP contribution in [0.4, 0.5) is 0 Å². The Morgan fingerprint density at radius 3 is 2.35 bits per heavy atom. The average Bonchev–Trinajstić information content (AvgIpc) is 2.40. The van der Waals surface area contributed by atoms with Crippen LogP contribution in [0.5, 0.6) is 0 Å². The molecular formula is C15H21BrN2OS. The van der Waals surface area contributed by atoms with Gasteiger partial charge in [0.25, 0.3) is 5.91 Å². The van der Waals surface area contributed by atoms with Crippen LogP contribution in [-0.2, 0) is 0 Å². The summed E-state index contributed by atoms with van der Waals surface area (Å²) in [4.78, 5) is 17.7. The molecule has 0 N–H and O–H groups in total. The quantitative estimate of drug-likeness (QED) is 0.780. The summed E-state index contributed by atoms with van der Waals surface area (Å²) in [5.41, 5.74) is 0.863. The molecule has 2 rings (SSSR count). The minimum absolute atomic E-state index is 0.0846. The van der Waals surface area contributed by atoms with Crippen molar-refractivity contribution in [3.8, 4) is 0 Å². The number of halogens is 1. The fourth-order valence-corrected chi connectivity index (χ4v) is 3.05. The van der Waals surface area contributed by atoms with Crippen molar-refractivity contribution in [3.63, 3.8) is 0 Å². The molecule has 0 saturated carbocycles. The van der Waals surface area contributed by atoms with Gasteiger partial charge in [-0.1, -0.05) is 0 Å². The van der Waals surface area contributed by atoms with Crippen molar-refractivity contribution < 1.29 is 4.79 Å². The van der Waals surface area contributed by atoms with E-state index >= 15 is 0 Å². The molecule has 1 heterocycles. The van der Waals surface area contributed by atoms with Crippen LogP contribution in [0.25, 0.3) is 0 Å². The van der Waals surface area contributed by atoms with Crippen LogP contribution < -0.4 is 0 Å². The average molecular weight is 357 g/mol. The van der Waals surface area contributed by atoms with Crippen LogP contribution in [0.2, 0.25) is 0 Å². The molecule has 110 valence electrons. The van der Waals surface area contributed by atoms with Crippen LogP contribution >= 0.6 is 28.6 Å². The fourth-order valence-electron chi connectivity index (χ4n) is 2.43. The molecule has 0 aromatic heterocycles. The van der Waals surface area contributed by atoms with Gasteiger partial charge in [-0.15, -0.1) is 12.6 Å². The number of amides is 1. The Bertz CT molecular complexity index is 505. The predicted molar refractivity (Wildman–Crippen MR) is 88.6 cm³/mol. The lowest BCUT2D eigenvalue weighted by atomic mass is 10.0. The molecule has 0 radical (unpaired) electrons. The van der Waals surface area contributed by atoms with E-state index in [2.05, 4.69) is 54.2 Å². The van der Waals surface area contributed by atoms with Crippen molar-refractivity contribution in [3.05, 3.63) is 28.2 Å². The number of rotatable bonds is 1. The van der Waals surface area contributed by atoms with Crippen LogP contribution in [-0.4, -0.2) is 47.4 Å². The van der Waals surface area contributed by atoms with Gasteiger partial charge in [-0.05, 0) is 54.9 Å². The molecule has 1 aromatic rings. The second-order valence-corrected chi connectivity index (χ2v) is 7.48. The summed E-state index contributed by atoms with van der Waals surface area (Å²) in [5, 5.41) is 0. The normalized spacial score (nSPS) is 17.4. The number of carbonyl (C=O) groups is 1. The van der Waals surface area contributed by atoms with Crippen LogP contribution in [0.15, 0.2) is 27.6 Å². The Balaban J connectivity index is 2.07. The highest BCUT2D eigenvalue weighted by molar-refractivity contribution is 9.10. The second kappa shape index (κ2) is 6.08. The Labute approximate surface area is 134 Å². The minimum Gasteiger partial charge on any atom is -0.336 e. The molecule has 1 saturated heterocycles. The number of hydrogen-bond acceptors (Lipinski definition) is 3. The van der Waals surface area contributed by atoms with Gasteiger partial charge in [-0.2, -0.15) is 0 Å². The summed E-state index contributed by atoms with van der Waals surface area (Å²) in [6.45, 7) is 10.0. The molecule has 1 fully saturated rings. The number of piperazine rings is 1. The Hall–Kier alpha value is -0.520. The molecular weight excluding hydrogens is 336 g/mol. The highest BCUT2D eigenvalue weighted by Gasteiger charge is 2.28. The monoisotopic (exact) mass is 356 g/mol. The van der Waals surface area contributed by atoms with Crippen molar-refractivity contribution in [2.75, 3.05) is 26.2 Å². The number of benzene rings is 1. The number of carbonyl (C=O) groups excluding carboxylic acids is 1. The van der Waals surface area contributed by atoms with E-state index in [9.17, 15) is 4.79 Å². The summed E-state index contributed by atoms with van der Waals surface area (Å²) >= 11 is 7.76. The third kappa shape index (κ3) is 3.57. The van der Waals surface area contributed by atoms with E-state index in [1.165, 1.54) is 0 Å². The van der Waals surface area contributed by atoms with Gasteiger partial charge in [0.15, 0.2) is 0 Å². The van der Waals surface area contributed by atoms with Gasteiger partial charge in [0.05, 0.1) is 5.56 Å². The summed E-state index contributed by atoms with van der Waals surface area (Å²) < 4.78 is 0.832. The van der Waals surface area contributed by atoms with Gasteiger partial charge in [-0.3, -0.25) is 9.69 Å².